The molecule has 1 aromatic carbocycles. The third-order valence-electron chi connectivity index (χ3n) is 1.39. The predicted octanol–water partition coefficient (Wildman–Crippen LogP) is 1.20. The van der Waals surface area contributed by atoms with E-state index in [2.05, 4.69) is 17.4 Å². The molecule has 0 aliphatic carbocycles. The molecule has 1 aromatic rings. The molecule has 0 bridgehead atoms. The van der Waals surface area contributed by atoms with Crippen molar-refractivity contribution in [2.45, 2.75) is 0 Å². The number of anilines is 1. The number of carboxylic acid groups (broad SMARTS) is 1. The van der Waals surface area contributed by atoms with Gasteiger partial charge in [-0.25, -0.2) is 4.79 Å². The van der Waals surface area contributed by atoms with E-state index in [0.717, 1.165) is 5.69 Å². The minimum atomic E-state index is -1.08. The summed E-state index contributed by atoms with van der Waals surface area (Å²) in [5, 5.41) is 8.46. The van der Waals surface area contributed by atoms with Gasteiger partial charge in [-0.2, -0.15) is 0 Å². The Morgan fingerprint density at radius 2 is 1.92 bits per heavy atom. The number of para-hydroxylation sites is 1. The first kappa shape index (κ1) is 9.12. The Hall–Kier alpha value is -1.97. The van der Waals surface area contributed by atoms with Crippen LogP contribution in [0.25, 0.3) is 0 Å². The molecule has 0 amide bonds. The smallest absolute Gasteiger partial charge is 0.353 e. The van der Waals surface area contributed by atoms with Gasteiger partial charge >= 0.3 is 5.97 Å². The minimum Gasteiger partial charge on any atom is -0.477 e. The van der Waals surface area contributed by atoms with Crippen LogP contribution in [0.5, 0.6) is 0 Å². The van der Waals surface area contributed by atoms with E-state index < -0.39 is 5.97 Å². The van der Waals surface area contributed by atoms with Gasteiger partial charge in [0.15, 0.2) is 0 Å². The molecule has 0 spiro atoms. The highest BCUT2D eigenvalue weighted by Crippen LogP contribution is 2.02. The van der Waals surface area contributed by atoms with E-state index in [4.69, 9.17) is 5.11 Å². The summed E-state index contributed by atoms with van der Waals surface area (Å²) in [4.78, 5) is 10.3. The standard InChI is InChI=1S/C9H10N2O2/c1-7(9(12)13)10-11-8-5-3-2-4-6-8/h2-6,10-11H,1H2,(H,12,13). The van der Waals surface area contributed by atoms with Crippen LogP contribution in [-0.2, 0) is 4.79 Å². The fourth-order valence-electron chi connectivity index (χ4n) is 0.723. The second kappa shape index (κ2) is 4.15. The number of nitrogens with one attached hydrogen (secondary N) is 2. The summed E-state index contributed by atoms with van der Waals surface area (Å²) in [5.41, 5.74) is 5.84. The van der Waals surface area contributed by atoms with Gasteiger partial charge in [-0.15, -0.1) is 0 Å². The highest BCUT2D eigenvalue weighted by molar-refractivity contribution is 5.85. The number of rotatable bonds is 4. The molecule has 0 saturated carbocycles. The van der Waals surface area contributed by atoms with Crippen molar-refractivity contribution in [1.82, 2.24) is 5.43 Å². The Labute approximate surface area is 75.9 Å². The van der Waals surface area contributed by atoms with E-state index in [-0.39, 0.29) is 5.70 Å². The minimum absolute atomic E-state index is 0.0937. The molecule has 0 aliphatic heterocycles. The first-order chi connectivity index (χ1) is 6.20. The summed E-state index contributed by atoms with van der Waals surface area (Å²) < 4.78 is 0. The molecule has 13 heavy (non-hydrogen) atoms. The van der Waals surface area contributed by atoms with Crippen LogP contribution < -0.4 is 10.9 Å². The first-order valence-electron chi connectivity index (χ1n) is 3.69. The molecule has 0 heterocycles. The Morgan fingerprint density at radius 3 is 2.46 bits per heavy atom. The van der Waals surface area contributed by atoms with Crippen LogP contribution in [0.3, 0.4) is 0 Å². The van der Waals surface area contributed by atoms with Gasteiger partial charge in [0.1, 0.15) is 5.70 Å². The van der Waals surface area contributed by atoms with Gasteiger partial charge in [-0.1, -0.05) is 24.8 Å². The summed E-state index contributed by atoms with van der Waals surface area (Å²) in [6, 6.07) is 9.17. The largest absolute Gasteiger partial charge is 0.477 e. The lowest BCUT2D eigenvalue weighted by molar-refractivity contribution is -0.133. The lowest BCUT2D eigenvalue weighted by Crippen LogP contribution is -2.24. The zero-order valence-corrected chi connectivity index (χ0v) is 6.95. The molecule has 0 unspecified atom stereocenters. The molecule has 0 fully saturated rings. The normalized spacial score (nSPS) is 8.92. The third-order valence-corrected chi connectivity index (χ3v) is 1.39. The Bertz CT molecular complexity index is 309. The van der Waals surface area contributed by atoms with E-state index >= 15 is 0 Å². The van der Waals surface area contributed by atoms with Crippen molar-refractivity contribution in [3.8, 4) is 0 Å². The summed E-state index contributed by atoms with van der Waals surface area (Å²) in [6.07, 6.45) is 0. The van der Waals surface area contributed by atoms with Crippen molar-refractivity contribution in [2.24, 2.45) is 0 Å². The van der Waals surface area contributed by atoms with Gasteiger partial charge in [-0.3, -0.25) is 5.43 Å². The van der Waals surface area contributed by atoms with Crippen LogP contribution in [0.2, 0.25) is 0 Å². The van der Waals surface area contributed by atoms with Crippen molar-refractivity contribution in [2.75, 3.05) is 5.43 Å². The molecule has 0 atom stereocenters. The van der Waals surface area contributed by atoms with E-state index in [0.29, 0.717) is 0 Å². The van der Waals surface area contributed by atoms with Crippen LogP contribution in [-0.4, -0.2) is 11.1 Å². The molecule has 0 radical (unpaired) electrons. The van der Waals surface area contributed by atoms with Crippen LogP contribution in [0.1, 0.15) is 0 Å². The molecular weight excluding hydrogens is 168 g/mol. The maximum atomic E-state index is 10.3. The predicted molar refractivity (Wildman–Crippen MR) is 50.0 cm³/mol. The summed E-state index contributed by atoms with van der Waals surface area (Å²) >= 11 is 0. The number of hydrogen-bond donors (Lipinski definition) is 3. The van der Waals surface area contributed by atoms with Gasteiger partial charge in [0.05, 0.1) is 5.69 Å². The Morgan fingerprint density at radius 1 is 1.31 bits per heavy atom. The molecular formula is C9H10N2O2. The van der Waals surface area contributed by atoms with Gasteiger partial charge in [0, 0.05) is 0 Å². The number of hydrazine groups is 1. The monoisotopic (exact) mass is 178 g/mol. The second-order valence-electron chi connectivity index (χ2n) is 2.40. The number of carbonyl (C=O) groups is 1. The van der Waals surface area contributed by atoms with Crippen LogP contribution in [0.15, 0.2) is 42.6 Å². The first-order valence-corrected chi connectivity index (χ1v) is 3.69. The second-order valence-corrected chi connectivity index (χ2v) is 2.40. The molecule has 4 heteroatoms. The Kier molecular flexibility index (Phi) is 2.92. The summed E-state index contributed by atoms with van der Waals surface area (Å²) in [7, 11) is 0. The van der Waals surface area contributed by atoms with Crippen molar-refractivity contribution >= 4 is 11.7 Å². The average molecular weight is 178 g/mol. The number of aliphatic carboxylic acids is 1. The van der Waals surface area contributed by atoms with E-state index in [1.54, 1.807) is 0 Å². The molecule has 68 valence electrons. The zero-order valence-electron chi connectivity index (χ0n) is 6.95. The third kappa shape index (κ3) is 2.86. The quantitative estimate of drug-likeness (QED) is 0.479. The van der Waals surface area contributed by atoms with Crippen molar-refractivity contribution in [3.63, 3.8) is 0 Å². The molecule has 1 rings (SSSR count). The fraction of sp³-hybridized carbons (Fsp3) is 0. The molecule has 0 aromatic heterocycles. The van der Waals surface area contributed by atoms with E-state index in [9.17, 15) is 4.79 Å². The van der Waals surface area contributed by atoms with Gasteiger partial charge in [0.2, 0.25) is 0 Å². The molecule has 4 nitrogen and oxygen atoms in total. The van der Waals surface area contributed by atoms with Crippen LogP contribution >= 0.6 is 0 Å². The number of benzene rings is 1. The highest BCUT2D eigenvalue weighted by Gasteiger charge is 2.00. The van der Waals surface area contributed by atoms with Crippen molar-refractivity contribution < 1.29 is 9.90 Å². The highest BCUT2D eigenvalue weighted by atomic mass is 16.4. The number of carboxylic acids is 1. The van der Waals surface area contributed by atoms with Crippen molar-refractivity contribution in [1.29, 1.82) is 0 Å². The average Bonchev–Trinajstić information content (AvgIpc) is 2.15. The molecule has 3 N–H and O–H groups in total. The number of hydrogen-bond acceptors (Lipinski definition) is 3. The van der Waals surface area contributed by atoms with Crippen LogP contribution in [0, 0.1) is 0 Å². The fourth-order valence-corrected chi connectivity index (χ4v) is 0.723. The van der Waals surface area contributed by atoms with E-state index in [1.165, 1.54) is 0 Å². The lowest BCUT2D eigenvalue weighted by atomic mass is 10.3. The maximum Gasteiger partial charge on any atom is 0.353 e. The Balaban J connectivity index is 2.44. The van der Waals surface area contributed by atoms with Gasteiger partial charge in [-0.05, 0) is 12.1 Å². The van der Waals surface area contributed by atoms with Crippen LogP contribution in [0.4, 0.5) is 5.69 Å². The molecule has 0 aliphatic rings. The van der Waals surface area contributed by atoms with Crippen molar-refractivity contribution in [3.05, 3.63) is 42.6 Å². The summed E-state index contributed by atoms with van der Waals surface area (Å²) in [5.74, 6) is -1.08. The van der Waals surface area contributed by atoms with Gasteiger partial charge < -0.3 is 10.5 Å². The van der Waals surface area contributed by atoms with Gasteiger partial charge in [0.25, 0.3) is 0 Å². The zero-order chi connectivity index (χ0) is 9.68. The van der Waals surface area contributed by atoms with E-state index in [1.807, 2.05) is 30.3 Å². The SMILES string of the molecule is C=C(NNc1ccccc1)C(=O)O. The summed E-state index contributed by atoms with van der Waals surface area (Å²) in [6.45, 7) is 3.30. The maximum absolute atomic E-state index is 10.3. The lowest BCUT2D eigenvalue weighted by Gasteiger charge is -2.07. The molecule has 0 saturated heterocycles. The topological polar surface area (TPSA) is 61.4 Å².